The standard InChI is InChI=1S/C14H17FN2O/c1-8(2)7-16-14(18)13-9(3)17-12-6-10(15)4-5-11(12)13/h4-6,8,17H,7H2,1-3H3,(H,16,18). The third kappa shape index (κ3) is 2.37. The van der Waals surface area contributed by atoms with Gasteiger partial charge in [0.15, 0.2) is 0 Å². The summed E-state index contributed by atoms with van der Waals surface area (Å²) in [6, 6.07) is 4.41. The van der Waals surface area contributed by atoms with Crippen molar-refractivity contribution in [3.8, 4) is 0 Å². The lowest BCUT2D eigenvalue weighted by Gasteiger charge is -2.07. The Hall–Kier alpha value is -1.84. The van der Waals surface area contributed by atoms with Crippen molar-refractivity contribution in [2.24, 2.45) is 5.92 Å². The van der Waals surface area contributed by atoms with E-state index in [-0.39, 0.29) is 11.7 Å². The maximum Gasteiger partial charge on any atom is 0.253 e. The van der Waals surface area contributed by atoms with Crippen LogP contribution in [0.4, 0.5) is 4.39 Å². The molecule has 96 valence electrons. The predicted molar refractivity (Wildman–Crippen MR) is 70.2 cm³/mol. The molecule has 0 unspecified atom stereocenters. The quantitative estimate of drug-likeness (QED) is 0.861. The van der Waals surface area contributed by atoms with E-state index in [0.717, 1.165) is 11.1 Å². The molecule has 0 aliphatic carbocycles. The first-order chi connectivity index (χ1) is 8.49. The van der Waals surface area contributed by atoms with Crippen molar-refractivity contribution in [2.45, 2.75) is 20.8 Å². The van der Waals surface area contributed by atoms with E-state index in [1.165, 1.54) is 12.1 Å². The number of benzene rings is 1. The number of aromatic amines is 1. The van der Waals surface area contributed by atoms with E-state index in [4.69, 9.17) is 0 Å². The lowest BCUT2D eigenvalue weighted by molar-refractivity contribution is 0.0950. The maximum absolute atomic E-state index is 13.1. The molecule has 1 aromatic heterocycles. The molecule has 2 aromatic rings. The van der Waals surface area contributed by atoms with Crippen LogP contribution in [-0.2, 0) is 0 Å². The highest BCUT2D eigenvalue weighted by molar-refractivity contribution is 6.08. The molecule has 0 fully saturated rings. The maximum atomic E-state index is 13.1. The van der Waals surface area contributed by atoms with Gasteiger partial charge in [-0.15, -0.1) is 0 Å². The van der Waals surface area contributed by atoms with E-state index < -0.39 is 0 Å². The van der Waals surface area contributed by atoms with Crippen LogP contribution in [0, 0.1) is 18.7 Å². The fourth-order valence-corrected chi connectivity index (χ4v) is 1.98. The Bertz CT molecular complexity index is 587. The van der Waals surface area contributed by atoms with Gasteiger partial charge in [-0.3, -0.25) is 4.79 Å². The van der Waals surface area contributed by atoms with Gasteiger partial charge in [0.2, 0.25) is 0 Å². The number of halogens is 1. The zero-order valence-electron chi connectivity index (χ0n) is 10.8. The van der Waals surface area contributed by atoms with Crippen LogP contribution in [0.5, 0.6) is 0 Å². The molecule has 0 spiro atoms. The van der Waals surface area contributed by atoms with Crippen LogP contribution in [0.1, 0.15) is 29.9 Å². The van der Waals surface area contributed by atoms with Crippen molar-refractivity contribution in [3.05, 3.63) is 35.3 Å². The average molecular weight is 248 g/mol. The summed E-state index contributed by atoms with van der Waals surface area (Å²) in [4.78, 5) is 15.1. The van der Waals surface area contributed by atoms with Crippen molar-refractivity contribution in [3.63, 3.8) is 0 Å². The molecule has 3 nitrogen and oxygen atoms in total. The topological polar surface area (TPSA) is 44.9 Å². The van der Waals surface area contributed by atoms with Gasteiger partial charge < -0.3 is 10.3 Å². The van der Waals surface area contributed by atoms with Crippen LogP contribution in [0.25, 0.3) is 10.9 Å². The number of carbonyl (C=O) groups excluding carboxylic acids is 1. The van der Waals surface area contributed by atoms with Crippen molar-refractivity contribution >= 4 is 16.8 Å². The minimum absolute atomic E-state index is 0.112. The van der Waals surface area contributed by atoms with Gasteiger partial charge in [0.25, 0.3) is 5.91 Å². The molecule has 0 atom stereocenters. The van der Waals surface area contributed by atoms with E-state index in [1.807, 2.05) is 20.8 Å². The molecular formula is C14H17FN2O. The monoisotopic (exact) mass is 248 g/mol. The first-order valence-corrected chi connectivity index (χ1v) is 6.05. The number of nitrogens with one attached hydrogen (secondary N) is 2. The Labute approximate surface area is 105 Å². The Morgan fingerprint density at radius 3 is 2.83 bits per heavy atom. The average Bonchev–Trinajstić information content (AvgIpc) is 2.61. The predicted octanol–water partition coefficient (Wildman–Crippen LogP) is 3.00. The lowest BCUT2D eigenvalue weighted by Crippen LogP contribution is -2.27. The fourth-order valence-electron chi connectivity index (χ4n) is 1.98. The van der Waals surface area contributed by atoms with Gasteiger partial charge in [0.1, 0.15) is 5.82 Å². The largest absolute Gasteiger partial charge is 0.358 e. The van der Waals surface area contributed by atoms with Crippen LogP contribution >= 0.6 is 0 Å². The summed E-state index contributed by atoms with van der Waals surface area (Å²) in [5.74, 6) is -0.0196. The van der Waals surface area contributed by atoms with E-state index in [9.17, 15) is 9.18 Å². The van der Waals surface area contributed by atoms with Gasteiger partial charge in [0, 0.05) is 23.1 Å². The second-order valence-electron chi connectivity index (χ2n) is 4.92. The van der Waals surface area contributed by atoms with Gasteiger partial charge >= 0.3 is 0 Å². The first-order valence-electron chi connectivity index (χ1n) is 6.05. The Kier molecular flexibility index (Phi) is 3.36. The number of amides is 1. The van der Waals surface area contributed by atoms with Crippen LogP contribution in [0.2, 0.25) is 0 Å². The van der Waals surface area contributed by atoms with Crippen LogP contribution < -0.4 is 5.32 Å². The molecule has 2 rings (SSSR count). The van der Waals surface area contributed by atoms with E-state index in [1.54, 1.807) is 6.07 Å². The number of hydrogen-bond acceptors (Lipinski definition) is 1. The highest BCUT2D eigenvalue weighted by atomic mass is 19.1. The summed E-state index contributed by atoms with van der Waals surface area (Å²) in [7, 11) is 0. The molecule has 0 aliphatic heterocycles. The third-order valence-electron chi connectivity index (χ3n) is 2.85. The molecule has 0 saturated carbocycles. The van der Waals surface area contributed by atoms with E-state index in [0.29, 0.717) is 23.5 Å². The minimum atomic E-state index is -0.308. The van der Waals surface area contributed by atoms with Crippen molar-refractivity contribution in [1.29, 1.82) is 0 Å². The van der Waals surface area contributed by atoms with Crippen LogP contribution in [0.3, 0.4) is 0 Å². The molecule has 1 heterocycles. The van der Waals surface area contributed by atoms with Crippen LogP contribution in [0.15, 0.2) is 18.2 Å². The molecule has 4 heteroatoms. The third-order valence-corrected chi connectivity index (χ3v) is 2.85. The number of carbonyl (C=O) groups is 1. The second kappa shape index (κ2) is 4.80. The normalized spacial score (nSPS) is 11.2. The van der Waals surface area contributed by atoms with Gasteiger partial charge in [-0.25, -0.2) is 4.39 Å². The molecule has 2 N–H and O–H groups in total. The SMILES string of the molecule is Cc1[nH]c2cc(F)ccc2c1C(=O)NCC(C)C. The number of rotatable bonds is 3. The van der Waals surface area contributed by atoms with Gasteiger partial charge in [-0.05, 0) is 31.0 Å². The molecule has 0 saturated heterocycles. The Balaban J connectivity index is 2.38. The zero-order valence-corrected chi connectivity index (χ0v) is 10.8. The molecule has 0 bridgehead atoms. The molecule has 18 heavy (non-hydrogen) atoms. The van der Waals surface area contributed by atoms with Crippen molar-refractivity contribution < 1.29 is 9.18 Å². The highest BCUT2D eigenvalue weighted by Gasteiger charge is 2.16. The summed E-state index contributed by atoms with van der Waals surface area (Å²) in [6.07, 6.45) is 0. The lowest BCUT2D eigenvalue weighted by atomic mass is 10.1. The van der Waals surface area contributed by atoms with Gasteiger partial charge in [0.05, 0.1) is 5.56 Å². The smallest absolute Gasteiger partial charge is 0.253 e. The summed E-state index contributed by atoms with van der Waals surface area (Å²) in [6.45, 7) is 6.53. The second-order valence-corrected chi connectivity index (χ2v) is 4.92. The Morgan fingerprint density at radius 1 is 1.44 bits per heavy atom. The van der Waals surface area contributed by atoms with Gasteiger partial charge in [-0.1, -0.05) is 13.8 Å². The number of fused-ring (bicyclic) bond motifs is 1. The molecule has 1 amide bonds. The van der Waals surface area contributed by atoms with Crippen molar-refractivity contribution in [2.75, 3.05) is 6.54 Å². The van der Waals surface area contributed by atoms with Crippen LogP contribution in [-0.4, -0.2) is 17.4 Å². The Morgan fingerprint density at radius 2 is 2.17 bits per heavy atom. The summed E-state index contributed by atoms with van der Waals surface area (Å²) < 4.78 is 13.1. The first kappa shape index (κ1) is 12.6. The fraction of sp³-hybridized carbons (Fsp3) is 0.357. The number of hydrogen-bond donors (Lipinski definition) is 2. The summed E-state index contributed by atoms with van der Waals surface area (Å²) >= 11 is 0. The molecule has 1 aromatic carbocycles. The highest BCUT2D eigenvalue weighted by Crippen LogP contribution is 2.22. The molecule has 0 radical (unpaired) electrons. The molecule has 0 aliphatic rings. The summed E-state index contributed by atoms with van der Waals surface area (Å²) in [5.41, 5.74) is 2.02. The van der Waals surface area contributed by atoms with E-state index >= 15 is 0 Å². The number of H-pyrrole nitrogens is 1. The minimum Gasteiger partial charge on any atom is -0.358 e. The van der Waals surface area contributed by atoms with Crippen molar-refractivity contribution in [1.82, 2.24) is 10.3 Å². The van der Waals surface area contributed by atoms with E-state index in [2.05, 4.69) is 10.3 Å². The number of aryl methyl sites for hydroxylation is 1. The van der Waals surface area contributed by atoms with Gasteiger partial charge in [-0.2, -0.15) is 0 Å². The zero-order chi connectivity index (χ0) is 13.3. The number of aromatic nitrogens is 1. The summed E-state index contributed by atoms with van der Waals surface area (Å²) in [5, 5.41) is 3.64. The molecular weight excluding hydrogens is 231 g/mol.